The number of phenols is 1. The number of nitrogens with zero attached hydrogens (tertiary/aromatic N) is 1. The average Bonchev–Trinajstić information content (AvgIpc) is 2.51. The number of carbonyl (C=O) groups is 1. The van der Waals surface area contributed by atoms with E-state index in [2.05, 4.69) is 0 Å². The Morgan fingerprint density at radius 1 is 1.05 bits per heavy atom. The molecule has 2 aromatic rings. The first-order valence-electron chi connectivity index (χ1n) is 7.01. The van der Waals surface area contributed by atoms with Gasteiger partial charge in [-0.1, -0.05) is 42.5 Å². The van der Waals surface area contributed by atoms with E-state index in [-0.39, 0.29) is 11.5 Å². The first-order chi connectivity index (χ1) is 10.2. The fraction of sp³-hybridized carbons (Fsp3) is 0.235. The molecule has 1 amide bonds. The fourth-order valence-corrected chi connectivity index (χ4v) is 2.11. The van der Waals surface area contributed by atoms with Crippen LogP contribution in [0.5, 0.6) is 11.5 Å². The van der Waals surface area contributed by atoms with Gasteiger partial charge in [0.05, 0.1) is 0 Å². The van der Waals surface area contributed by atoms with Crippen molar-refractivity contribution in [2.24, 2.45) is 0 Å². The molecular weight excluding hydrogens is 266 g/mol. The maximum atomic E-state index is 12.1. The van der Waals surface area contributed by atoms with Crippen LogP contribution in [0.25, 0.3) is 11.1 Å². The molecule has 0 saturated carbocycles. The molecule has 0 fully saturated rings. The predicted molar refractivity (Wildman–Crippen MR) is 82.5 cm³/mol. The van der Waals surface area contributed by atoms with Crippen LogP contribution in [0.3, 0.4) is 0 Å². The third-order valence-electron chi connectivity index (χ3n) is 3.29. The van der Waals surface area contributed by atoms with Crippen molar-refractivity contribution in [3.05, 3.63) is 48.5 Å². The summed E-state index contributed by atoms with van der Waals surface area (Å²) in [7, 11) is 0. The molecule has 21 heavy (non-hydrogen) atoms. The molecule has 110 valence electrons. The number of hydrogen-bond acceptors (Lipinski definition) is 3. The first kappa shape index (κ1) is 14.9. The van der Waals surface area contributed by atoms with Crippen molar-refractivity contribution in [2.45, 2.75) is 13.8 Å². The van der Waals surface area contributed by atoms with Crippen molar-refractivity contribution >= 4 is 6.09 Å². The zero-order chi connectivity index (χ0) is 15.2. The number of rotatable bonds is 4. The van der Waals surface area contributed by atoms with E-state index < -0.39 is 6.09 Å². The zero-order valence-corrected chi connectivity index (χ0v) is 12.2. The van der Waals surface area contributed by atoms with Crippen molar-refractivity contribution in [1.82, 2.24) is 4.90 Å². The van der Waals surface area contributed by atoms with Gasteiger partial charge < -0.3 is 14.7 Å². The van der Waals surface area contributed by atoms with Gasteiger partial charge in [0.1, 0.15) is 0 Å². The number of phenolic OH excluding ortho intramolecular Hbond substituents is 1. The van der Waals surface area contributed by atoms with Crippen molar-refractivity contribution in [1.29, 1.82) is 0 Å². The molecule has 4 heteroatoms. The van der Waals surface area contributed by atoms with Crippen LogP contribution in [0.4, 0.5) is 4.79 Å². The lowest BCUT2D eigenvalue weighted by atomic mass is 10.0. The largest absolute Gasteiger partial charge is 0.504 e. The summed E-state index contributed by atoms with van der Waals surface area (Å²) in [5.41, 5.74) is 1.58. The second-order valence-corrected chi connectivity index (χ2v) is 4.56. The van der Waals surface area contributed by atoms with Crippen molar-refractivity contribution < 1.29 is 14.6 Å². The molecule has 4 nitrogen and oxygen atoms in total. The number of hydrogen-bond donors (Lipinski definition) is 1. The van der Waals surface area contributed by atoms with E-state index in [1.165, 1.54) is 6.07 Å². The van der Waals surface area contributed by atoms with Gasteiger partial charge in [-0.05, 0) is 25.5 Å². The molecular formula is C17H19NO3. The molecule has 0 aliphatic rings. The highest BCUT2D eigenvalue weighted by Crippen LogP contribution is 2.37. The van der Waals surface area contributed by atoms with Gasteiger partial charge in [-0.3, -0.25) is 0 Å². The van der Waals surface area contributed by atoms with Crippen LogP contribution in [0.2, 0.25) is 0 Å². The lowest BCUT2D eigenvalue weighted by Gasteiger charge is -2.19. The molecule has 0 radical (unpaired) electrons. The quantitative estimate of drug-likeness (QED) is 0.926. The van der Waals surface area contributed by atoms with Gasteiger partial charge in [-0.2, -0.15) is 0 Å². The lowest BCUT2D eigenvalue weighted by molar-refractivity contribution is 0.156. The molecule has 0 atom stereocenters. The summed E-state index contributed by atoms with van der Waals surface area (Å²) in [5.74, 6) is 0.150. The number of amides is 1. The van der Waals surface area contributed by atoms with Crippen LogP contribution in [0.15, 0.2) is 48.5 Å². The van der Waals surface area contributed by atoms with Crippen LogP contribution in [0, 0.1) is 0 Å². The van der Waals surface area contributed by atoms with Gasteiger partial charge in [0, 0.05) is 18.7 Å². The Morgan fingerprint density at radius 2 is 1.71 bits per heavy atom. The zero-order valence-electron chi connectivity index (χ0n) is 12.2. The van der Waals surface area contributed by atoms with E-state index in [0.29, 0.717) is 18.7 Å². The van der Waals surface area contributed by atoms with E-state index in [0.717, 1.165) is 5.56 Å². The Labute approximate surface area is 124 Å². The monoisotopic (exact) mass is 285 g/mol. The smallest absolute Gasteiger partial charge is 0.415 e. The maximum Gasteiger partial charge on any atom is 0.415 e. The minimum absolute atomic E-state index is 0.0446. The molecule has 0 aliphatic heterocycles. The van der Waals surface area contributed by atoms with Gasteiger partial charge in [-0.25, -0.2) is 4.79 Å². The number of aromatic hydroxyl groups is 1. The highest BCUT2D eigenvalue weighted by Gasteiger charge is 2.18. The Kier molecular flexibility index (Phi) is 4.82. The summed E-state index contributed by atoms with van der Waals surface area (Å²) in [5, 5.41) is 10.0. The first-order valence-corrected chi connectivity index (χ1v) is 7.01. The summed E-state index contributed by atoms with van der Waals surface area (Å²) < 4.78 is 5.41. The van der Waals surface area contributed by atoms with Crippen molar-refractivity contribution in [2.75, 3.05) is 13.1 Å². The van der Waals surface area contributed by atoms with Gasteiger partial charge >= 0.3 is 6.09 Å². The summed E-state index contributed by atoms with van der Waals surface area (Å²) in [6.07, 6.45) is -0.460. The predicted octanol–water partition coefficient (Wildman–Crippen LogP) is 3.90. The van der Waals surface area contributed by atoms with Crippen molar-refractivity contribution in [3.63, 3.8) is 0 Å². The Morgan fingerprint density at radius 3 is 2.33 bits per heavy atom. The normalized spacial score (nSPS) is 10.2. The third kappa shape index (κ3) is 3.34. The van der Waals surface area contributed by atoms with Crippen LogP contribution in [0.1, 0.15) is 13.8 Å². The van der Waals surface area contributed by atoms with Crippen molar-refractivity contribution in [3.8, 4) is 22.6 Å². The van der Waals surface area contributed by atoms with E-state index >= 15 is 0 Å². The maximum absolute atomic E-state index is 12.1. The number of ether oxygens (including phenoxy) is 1. The van der Waals surface area contributed by atoms with E-state index in [4.69, 9.17) is 4.74 Å². The minimum Gasteiger partial charge on any atom is -0.504 e. The molecule has 1 N–H and O–H groups in total. The average molecular weight is 285 g/mol. The Bertz CT molecular complexity index is 607. The molecule has 0 unspecified atom stereocenters. The van der Waals surface area contributed by atoms with E-state index in [1.54, 1.807) is 11.0 Å². The second-order valence-electron chi connectivity index (χ2n) is 4.56. The molecule has 0 spiro atoms. The molecule has 0 aliphatic carbocycles. The summed E-state index contributed by atoms with van der Waals surface area (Å²) >= 11 is 0. The van der Waals surface area contributed by atoms with Gasteiger partial charge in [0.25, 0.3) is 0 Å². The highest BCUT2D eigenvalue weighted by atomic mass is 16.6. The van der Waals surface area contributed by atoms with E-state index in [9.17, 15) is 9.90 Å². The fourth-order valence-electron chi connectivity index (χ4n) is 2.11. The summed E-state index contributed by atoms with van der Waals surface area (Å²) in [6.45, 7) is 4.88. The molecule has 0 bridgehead atoms. The number of benzene rings is 2. The van der Waals surface area contributed by atoms with E-state index in [1.807, 2.05) is 50.2 Å². The lowest BCUT2D eigenvalue weighted by Crippen LogP contribution is -2.33. The number of carbonyl (C=O) groups excluding carboxylic acids is 1. The van der Waals surface area contributed by atoms with Gasteiger partial charge in [-0.15, -0.1) is 0 Å². The summed E-state index contributed by atoms with van der Waals surface area (Å²) in [4.78, 5) is 13.7. The number of para-hydroxylation sites is 1. The standard InChI is InChI=1S/C17H19NO3/c1-3-18(4-2)17(20)21-16-14(11-8-12-15(16)19)13-9-6-5-7-10-13/h5-12,19H,3-4H2,1-2H3. The minimum atomic E-state index is -0.460. The summed E-state index contributed by atoms with van der Waals surface area (Å²) in [6, 6.07) is 14.6. The topological polar surface area (TPSA) is 49.8 Å². The molecule has 2 rings (SSSR count). The molecule has 0 heterocycles. The SMILES string of the molecule is CCN(CC)C(=O)Oc1c(O)cccc1-c1ccccc1. The van der Waals surface area contributed by atoms with Crippen LogP contribution in [-0.2, 0) is 0 Å². The van der Waals surface area contributed by atoms with Gasteiger partial charge in [0.15, 0.2) is 11.5 Å². The van der Waals surface area contributed by atoms with Crippen LogP contribution in [-0.4, -0.2) is 29.2 Å². The molecule has 2 aromatic carbocycles. The second kappa shape index (κ2) is 6.79. The molecule has 0 saturated heterocycles. The van der Waals surface area contributed by atoms with Crippen LogP contribution >= 0.6 is 0 Å². The Hall–Kier alpha value is -2.49. The molecule has 0 aromatic heterocycles. The third-order valence-corrected chi connectivity index (χ3v) is 3.29. The van der Waals surface area contributed by atoms with Gasteiger partial charge in [0.2, 0.25) is 0 Å². The Balaban J connectivity index is 2.37. The van der Waals surface area contributed by atoms with Crippen LogP contribution < -0.4 is 4.74 Å². The highest BCUT2D eigenvalue weighted by molar-refractivity contribution is 5.79.